The first-order valence-corrected chi connectivity index (χ1v) is 2.79. The van der Waals surface area contributed by atoms with E-state index >= 15 is 0 Å². The first kappa shape index (κ1) is 7.50. The molecule has 0 fully saturated rings. The molecule has 0 saturated carbocycles. The second-order valence-corrected chi connectivity index (χ2v) is 1.95. The van der Waals surface area contributed by atoms with E-state index in [1.807, 2.05) is 0 Å². The van der Waals surface area contributed by atoms with Crippen molar-refractivity contribution in [2.24, 2.45) is 5.73 Å². The predicted molar refractivity (Wildman–Crippen MR) is 30.6 cm³/mol. The smallest absolute Gasteiger partial charge is 0.144 e. The number of hydrogen-bond donors (Lipinski definition) is 2. The van der Waals surface area contributed by atoms with E-state index in [0.29, 0.717) is 0 Å². The standard InChI is InChI=1S/C3H7Cl2NO/c4-1-2(6)3(5)7/h2-3,7H,1,6H2. The van der Waals surface area contributed by atoms with Crippen LogP contribution in [-0.2, 0) is 0 Å². The van der Waals surface area contributed by atoms with Crippen molar-refractivity contribution in [3.63, 3.8) is 0 Å². The lowest BCUT2D eigenvalue weighted by Gasteiger charge is -2.06. The molecule has 2 unspecified atom stereocenters. The van der Waals surface area contributed by atoms with Crippen LogP contribution in [0, 0.1) is 0 Å². The van der Waals surface area contributed by atoms with E-state index in [2.05, 4.69) is 0 Å². The van der Waals surface area contributed by atoms with Crippen LogP contribution in [0.25, 0.3) is 0 Å². The molecule has 0 aliphatic heterocycles. The van der Waals surface area contributed by atoms with Crippen molar-refractivity contribution in [2.45, 2.75) is 11.6 Å². The van der Waals surface area contributed by atoms with Crippen molar-refractivity contribution in [3.8, 4) is 0 Å². The van der Waals surface area contributed by atoms with Gasteiger partial charge in [0, 0.05) is 5.88 Å². The van der Waals surface area contributed by atoms with Gasteiger partial charge in [-0.2, -0.15) is 0 Å². The average molecular weight is 144 g/mol. The summed E-state index contributed by atoms with van der Waals surface area (Å²) >= 11 is 10.3. The van der Waals surface area contributed by atoms with Gasteiger partial charge in [-0.3, -0.25) is 0 Å². The summed E-state index contributed by atoms with van der Waals surface area (Å²) in [7, 11) is 0. The summed E-state index contributed by atoms with van der Waals surface area (Å²) in [6, 6.07) is -0.511. The lowest BCUT2D eigenvalue weighted by Crippen LogP contribution is -2.32. The predicted octanol–water partition coefficient (Wildman–Crippen LogP) is 0.110. The summed E-state index contributed by atoms with van der Waals surface area (Å²) in [5, 5.41) is 8.38. The van der Waals surface area contributed by atoms with Gasteiger partial charge in [-0.05, 0) is 0 Å². The highest BCUT2D eigenvalue weighted by Crippen LogP contribution is 1.96. The second-order valence-electron chi connectivity index (χ2n) is 1.19. The van der Waals surface area contributed by atoms with Gasteiger partial charge >= 0.3 is 0 Å². The van der Waals surface area contributed by atoms with Gasteiger partial charge in [0.05, 0.1) is 6.04 Å². The molecule has 0 spiro atoms. The summed E-state index contributed by atoms with van der Waals surface area (Å²) in [6.45, 7) is 0. The van der Waals surface area contributed by atoms with Crippen molar-refractivity contribution in [1.82, 2.24) is 0 Å². The molecular weight excluding hydrogens is 137 g/mol. The highest BCUT2D eigenvalue weighted by molar-refractivity contribution is 6.22. The van der Waals surface area contributed by atoms with Gasteiger partial charge in [-0.1, -0.05) is 11.6 Å². The van der Waals surface area contributed by atoms with Crippen LogP contribution < -0.4 is 5.73 Å². The summed E-state index contributed by atoms with van der Waals surface area (Å²) in [6.07, 6.45) is 0. The Morgan fingerprint density at radius 1 is 1.71 bits per heavy atom. The van der Waals surface area contributed by atoms with Crippen molar-refractivity contribution < 1.29 is 5.11 Å². The third kappa shape index (κ3) is 3.12. The Labute approximate surface area is 52.2 Å². The van der Waals surface area contributed by atoms with E-state index in [-0.39, 0.29) is 5.88 Å². The van der Waals surface area contributed by atoms with E-state index in [1.54, 1.807) is 0 Å². The molecule has 0 amide bonds. The molecule has 0 bridgehead atoms. The lowest BCUT2D eigenvalue weighted by molar-refractivity contribution is 0.232. The summed E-state index contributed by atoms with van der Waals surface area (Å²) in [4.78, 5) is 0. The molecule has 0 rings (SSSR count). The van der Waals surface area contributed by atoms with E-state index in [9.17, 15) is 0 Å². The normalized spacial score (nSPS) is 18.9. The van der Waals surface area contributed by atoms with Gasteiger partial charge in [0.1, 0.15) is 5.56 Å². The van der Waals surface area contributed by atoms with Crippen molar-refractivity contribution in [3.05, 3.63) is 0 Å². The molecule has 0 aromatic heterocycles. The van der Waals surface area contributed by atoms with Crippen LogP contribution in [0.1, 0.15) is 0 Å². The molecule has 2 atom stereocenters. The molecular formula is C3H7Cl2NO. The Morgan fingerprint density at radius 2 is 2.14 bits per heavy atom. The number of nitrogens with two attached hydrogens (primary N) is 1. The fourth-order valence-corrected chi connectivity index (χ4v) is 0.423. The summed E-state index contributed by atoms with van der Waals surface area (Å²) in [5.41, 5.74) is 4.09. The van der Waals surface area contributed by atoms with Crippen LogP contribution in [0.15, 0.2) is 0 Å². The molecule has 0 aliphatic rings. The molecule has 0 radical (unpaired) electrons. The zero-order valence-corrected chi connectivity index (χ0v) is 5.15. The average Bonchev–Trinajstić information content (AvgIpc) is 1.65. The Morgan fingerprint density at radius 3 is 2.14 bits per heavy atom. The van der Waals surface area contributed by atoms with Crippen LogP contribution in [-0.4, -0.2) is 22.6 Å². The van der Waals surface area contributed by atoms with Crippen LogP contribution in [0.2, 0.25) is 0 Å². The lowest BCUT2D eigenvalue weighted by atomic mass is 10.4. The van der Waals surface area contributed by atoms with Crippen molar-refractivity contribution in [2.75, 3.05) is 5.88 Å². The minimum atomic E-state index is -1.02. The maximum absolute atomic E-state index is 8.38. The number of aliphatic hydroxyl groups excluding tert-OH is 1. The SMILES string of the molecule is NC(CCl)C(O)Cl. The Hall–Kier alpha value is 0.500. The Bertz CT molecular complexity index is 50.2. The van der Waals surface area contributed by atoms with Crippen molar-refractivity contribution in [1.29, 1.82) is 0 Å². The fourth-order valence-electron chi connectivity index (χ4n) is 0.0735. The van der Waals surface area contributed by atoms with Gasteiger partial charge in [0.2, 0.25) is 0 Å². The largest absolute Gasteiger partial charge is 0.376 e. The number of rotatable bonds is 2. The monoisotopic (exact) mass is 143 g/mol. The molecule has 0 aliphatic carbocycles. The molecule has 0 aromatic rings. The summed E-state index contributed by atoms with van der Waals surface area (Å²) in [5.74, 6) is 0.185. The number of aliphatic hydroxyl groups is 1. The molecule has 44 valence electrons. The number of halogens is 2. The van der Waals surface area contributed by atoms with E-state index < -0.39 is 11.6 Å². The van der Waals surface area contributed by atoms with Crippen LogP contribution in [0.4, 0.5) is 0 Å². The van der Waals surface area contributed by atoms with Crippen LogP contribution in [0.3, 0.4) is 0 Å². The molecule has 0 aromatic carbocycles. The number of alkyl halides is 2. The maximum atomic E-state index is 8.38. The molecule has 0 heterocycles. The minimum Gasteiger partial charge on any atom is -0.376 e. The highest BCUT2D eigenvalue weighted by atomic mass is 35.5. The number of hydrogen-bond acceptors (Lipinski definition) is 2. The molecule has 0 saturated heterocycles. The zero-order chi connectivity index (χ0) is 5.86. The molecule has 7 heavy (non-hydrogen) atoms. The first-order valence-electron chi connectivity index (χ1n) is 1.82. The van der Waals surface area contributed by atoms with Gasteiger partial charge in [0.25, 0.3) is 0 Å². The zero-order valence-electron chi connectivity index (χ0n) is 3.64. The second kappa shape index (κ2) is 3.50. The molecule has 2 nitrogen and oxygen atoms in total. The van der Waals surface area contributed by atoms with Gasteiger partial charge in [0.15, 0.2) is 0 Å². The van der Waals surface area contributed by atoms with E-state index in [0.717, 1.165) is 0 Å². The summed E-state index contributed by atoms with van der Waals surface area (Å²) < 4.78 is 0. The topological polar surface area (TPSA) is 46.2 Å². The van der Waals surface area contributed by atoms with E-state index in [4.69, 9.17) is 34.0 Å². The van der Waals surface area contributed by atoms with Crippen molar-refractivity contribution >= 4 is 23.2 Å². The minimum absolute atomic E-state index is 0.185. The van der Waals surface area contributed by atoms with Crippen LogP contribution >= 0.6 is 23.2 Å². The fraction of sp³-hybridized carbons (Fsp3) is 1.00. The van der Waals surface area contributed by atoms with E-state index in [1.165, 1.54) is 0 Å². The van der Waals surface area contributed by atoms with Crippen LogP contribution in [0.5, 0.6) is 0 Å². The third-order valence-electron chi connectivity index (χ3n) is 0.531. The highest BCUT2D eigenvalue weighted by Gasteiger charge is 2.07. The van der Waals surface area contributed by atoms with Gasteiger partial charge in [-0.15, -0.1) is 11.6 Å². The molecule has 3 N–H and O–H groups in total. The molecule has 4 heteroatoms. The van der Waals surface area contributed by atoms with Gasteiger partial charge < -0.3 is 10.8 Å². The maximum Gasteiger partial charge on any atom is 0.144 e. The first-order chi connectivity index (χ1) is 3.18. The Kier molecular flexibility index (Phi) is 3.75. The Balaban J connectivity index is 3.14. The quantitative estimate of drug-likeness (QED) is 0.540. The third-order valence-corrected chi connectivity index (χ3v) is 1.21. The van der Waals surface area contributed by atoms with Gasteiger partial charge in [-0.25, -0.2) is 0 Å².